The molecule has 1 saturated heterocycles. The van der Waals surface area contributed by atoms with Crippen LogP contribution in [0.25, 0.3) is 5.57 Å². The minimum Gasteiger partial charge on any atom is -0.478 e. The third-order valence-corrected chi connectivity index (χ3v) is 5.62. The van der Waals surface area contributed by atoms with Gasteiger partial charge in [-0.25, -0.2) is 9.59 Å². The molecule has 0 aliphatic carbocycles. The van der Waals surface area contributed by atoms with Crippen molar-refractivity contribution in [3.63, 3.8) is 0 Å². The number of carboxylic acids is 2. The molecule has 1 fully saturated rings. The number of β-lactam (4-membered cyclic amide) rings is 1. The molecule has 1 unspecified atom stereocenters. The molecule has 2 aliphatic heterocycles. The van der Waals surface area contributed by atoms with E-state index in [-0.39, 0.29) is 28.3 Å². The van der Waals surface area contributed by atoms with E-state index in [1.54, 1.807) is 0 Å². The van der Waals surface area contributed by atoms with Crippen LogP contribution in [0.5, 0.6) is 0 Å². The van der Waals surface area contributed by atoms with Crippen LogP contribution in [0.2, 0.25) is 0 Å². The summed E-state index contributed by atoms with van der Waals surface area (Å²) in [6.07, 6.45) is 1.28. The molecule has 124 valence electrons. The van der Waals surface area contributed by atoms with E-state index in [0.29, 0.717) is 0 Å². The number of fused-ring (bicyclic) bond motifs is 1. The number of thiocarbonyl (C=S) groups is 1. The average molecular weight is 365 g/mol. The van der Waals surface area contributed by atoms with Crippen LogP contribution in [0, 0.1) is 0 Å². The number of aliphatic carboxylic acids is 1. The Hall–Kier alpha value is -2.30. The van der Waals surface area contributed by atoms with Crippen molar-refractivity contribution in [2.75, 3.05) is 5.75 Å². The van der Waals surface area contributed by atoms with E-state index < -0.39 is 28.8 Å². The standard InChI is InChI=1S/C14H11N3O5S2/c15-14(5-23)12(22)17-9(11(20)21)7(4-24-13(14)17)8-3-6(10(18)19)1-2-16-8/h1-3,5,13H,4,15H2,(H,18,19)(H,20,21)/t13-,14?/m0/s1. The largest absolute Gasteiger partial charge is 0.478 e. The van der Waals surface area contributed by atoms with E-state index >= 15 is 0 Å². The zero-order valence-corrected chi connectivity index (χ0v) is 13.6. The number of amides is 1. The maximum absolute atomic E-state index is 12.3. The fourth-order valence-corrected chi connectivity index (χ4v) is 4.36. The van der Waals surface area contributed by atoms with Gasteiger partial charge in [-0.2, -0.15) is 0 Å². The van der Waals surface area contributed by atoms with E-state index in [0.717, 1.165) is 10.3 Å². The molecule has 1 aromatic heterocycles. The van der Waals surface area contributed by atoms with Gasteiger partial charge < -0.3 is 15.9 Å². The van der Waals surface area contributed by atoms with E-state index in [9.17, 15) is 19.5 Å². The fraction of sp³-hybridized carbons (Fsp3) is 0.214. The molecule has 1 amide bonds. The highest BCUT2D eigenvalue weighted by Crippen LogP contribution is 2.46. The van der Waals surface area contributed by atoms with Gasteiger partial charge in [-0.15, -0.1) is 11.8 Å². The Bertz CT molecular complexity index is 824. The van der Waals surface area contributed by atoms with E-state index in [1.807, 2.05) is 0 Å². The zero-order valence-electron chi connectivity index (χ0n) is 12.0. The monoisotopic (exact) mass is 365 g/mol. The second kappa shape index (κ2) is 5.65. The molecule has 4 N–H and O–H groups in total. The summed E-state index contributed by atoms with van der Waals surface area (Å²) in [5.41, 5.74) is 4.76. The Morgan fingerprint density at radius 3 is 2.75 bits per heavy atom. The molecule has 0 radical (unpaired) electrons. The topological polar surface area (TPSA) is 134 Å². The van der Waals surface area contributed by atoms with Crippen molar-refractivity contribution in [3.05, 3.63) is 35.3 Å². The first-order valence-electron chi connectivity index (χ1n) is 6.68. The number of pyridine rings is 1. The Labute approximate surface area is 145 Å². The lowest BCUT2D eigenvalue weighted by atomic mass is 9.89. The van der Waals surface area contributed by atoms with Crippen molar-refractivity contribution in [3.8, 4) is 0 Å². The Kier molecular flexibility index (Phi) is 3.90. The number of nitrogens with two attached hydrogens (primary N) is 1. The quantitative estimate of drug-likeness (QED) is 0.505. The number of nitrogens with zero attached hydrogens (tertiary/aromatic N) is 2. The summed E-state index contributed by atoms with van der Waals surface area (Å²) in [6, 6.07) is 2.58. The fourth-order valence-electron chi connectivity index (χ4n) is 2.64. The summed E-state index contributed by atoms with van der Waals surface area (Å²) >= 11 is 6.07. The average Bonchev–Trinajstić information content (AvgIpc) is 2.59. The van der Waals surface area contributed by atoms with Gasteiger partial charge in [-0.05, 0) is 12.1 Å². The SMILES string of the molecule is NC1(C=S)C(=O)N2C(C(=O)O)=C(c3cc(C(=O)O)ccn3)CS[C@H]21. The molecule has 24 heavy (non-hydrogen) atoms. The molecule has 8 nitrogen and oxygen atoms in total. The maximum atomic E-state index is 12.3. The molecular weight excluding hydrogens is 354 g/mol. The van der Waals surface area contributed by atoms with Gasteiger partial charge in [0.25, 0.3) is 5.91 Å². The maximum Gasteiger partial charge on any atom is 0.353 e. The van der Waals surface area contributed by atoms with Crippen LogP contribution in [-0.2, 0) is 9.59 Å². The van der Waals surface area contributed by atoms with Gasteiger partial charge in [0.15, 0.2) is 5.54 Å². The molecule has 10 heteroatoms. The molecule has 0 spiro atoms. The van der Waals surface area contributed by atoms with Crippen molar-refractivity contribution in [1.82, 2.24) is 9.88 Å². The Morgan fingerprint density at radius 1 is 1.46 bits per heavy atom. The number of carboxylic acid groups (broad SMARTS) is 2. The first-order chi connectivity index (χ1) is 11.3. The summed E-state index contributed by atoms with van der Waals surface area (Å²) in [5.74, 6) is -2.84. The number of rotatable bonds is 4. The van der Waals surface area contributed by atoms with Crippen LogP contribution < -0.4 is 5.73 Å². The van der Waals surface area contributed by atoms with E-state index in [2.05, 4.69) is 4.98 Å². The third-order valence-electron chi connectivity index (χ3n) is 3.86. The first-order valence-corrected chi connectivity index (χ1v) is 8.20. The molecule has 3 rings (SSSR count). The summed E-state index contributed by atoms with van der Waals surface area (Å²) in [4.78, 5) is 40.2. The predicted molar refractivity (Wildman–Crippen MR) is 89.4 cm³/mol. The van der Waals surface area contributed by atoms with E-state index in [1.165, 1.54) is 30.1 Å². The smallest absolute Gasteiger partial charge is 0.353 e. The number of carbonyl (C=O) groups excluding carboxylic acids is 1. The van der Waals surface area contributed by atoms with Crippen LogP contribution in [0.4, 0.5) is 0 Å². The van der Waals surface area contributed by atoms with Crippen LogP contribution in [0.15, 0.2) is 24.0 Å². The summed E-state index contributed by atoms with van der Waals surface area (Å²) in [7, 11) is 0. The lowest BCUT2D eigenvalue weighted by Gasteiger charge is -2.53. The lowest BCUT2D eigenvalue weighted by molar-refractivity contribution is -0.150. The number of aromatic nitrogens is 1. The van der Waals surface area contributed by atoms with Gasteiger partial charge in [0, 0.05) is 22.9 Å². The van der Waals surface area contributed by atoms with Gasteiger partial charge in [0.1, 0.15) is 11.1 Å². The number of hydrogen-bond acceptors (Lipinski definition) is 7. The Balaban J connectivity index is 2.12. The molecule has 3 heterocycles. The lowest BCUT2D eigenvalue weighted by Crippen LogP contribution is -2.78. The molecular formula is C14H11N3O5S2. The van der Waals surface area contributed by atoms with Crippen molar-refractivity contribution in [2.45, 2.75) is 10.9 Å². The predicted octanol–water partition coefficient (Wildman–Crippen LogP) is 0.188. The second-order valence-electron chi connectivity index (χ2n) is 5.26. The van der Waals surface area contributed by atoms with Gasteiger partial charge in [-0.3, -0.25) is 14.7 Å². The van der Waals surface area contributed by atoms with Crippen molar-refractivity contribution < 1.29 is 24.6 Å². The highest BCUT2D eigenvalue weighted by atomic mass is 32.2. The molecule has 2 aliphatic rings. The summed E-state index contributed by atoms with van der Waals surface area (Å²) in [6.45, 7) is 0. The molecule has 0 saturated carbocycles. The normalized spacial score (nSPS) is 25.8. The zero-order chi connectivity index (χ0) is 17.6. The number of aromatic carboxylic acids is 1. The molecule has 2 atom stereocenters. The van der Waals surface area contributed by atoms with Crippen LogP contribution >= 0.6 is 24.0 Å². The van der Waals surface area contributed by atoms with Crippen molar-refractivity contribution in [2.24, 2.45) is 5.73 Å². The number of carbonyl (C=O) groups is 3. The minimum atomic E-state index is -1.37. The third kappa shape index (κ3) is 2.22. The van der Waals surface area contributed by atoms with Gasteiger partial charge in [0.05, 0.1) is 11.3 Å². The Morgan fingerprint density at radius 2 is 2.17 bits per heavy atom. The van der Waals surface area contributed by atoms with Crippen LogP contribution in [-0.4, -0.2) is 60.0 Å². The van der Waals surface area contributed by atoms with Crippen LogP contribution in [0.3, 0.4) is 0 Å². The minimum absolute atomic E-state index is 0.0219. The molecule has 0 bridgehead atoms. The first kappa shape index (κ1) is 16.6. The second-order valence-corrected chi connectivity index (χ2v) is 6.56. The highest BCUT2D eigenvalue weighted by molar-refractivity contribution is 8.00. The number of thioether (sulfide) groups is 1. The van der Waals surface area contributed by atoms with Crippen molar-refractivity contribution >= 4 is 52.8 Å². The van der Waals surface area contributed by atoms with E-state index in [4.69, 9.17) is 23.1 Å². The highest BCUT2D eigenvalue weighted by Gasteiger charge is 2.61. The van der Waals surface area contributed by atoms with Gasteiger partial charge >= 0.3 is 11.9 Å². The summed E-state index contributed by atoms with van der Waals surface area (Å²) in [5, 5.41) is 19.2. The summed E-state index contributed by atoms with van der Waals surface area (Å²) < 4.78 is 0. The van der Waals surface area contributed by atoms with Crippen LogP contribution in [0.1, 0.15) is 16.1 Å². The van der Waals surface area contributed by atoms with Crippen molar-refractivity contribution in [1.29, 1.82) is 0 Å². The van der Waals surface area contributed by atoms with Gasteiger partial charge in [0.2, 0.25) is 0 Å². The molecule has 1 aromatic rings. The number of hydrogen-bond donors (Lipinski definition) is 3. The molecule has 0 aromatic carbocycles. The van der Waals surface area contributed by atoms with Gasteiger partial charge in [-0.1, -0.05) is 12.2 Å².